The summed E-state index contributed by atoms with van der Waals surface area (Å²) in [4.78, 5) is 1.60. The average Bonchev–Trinajstić information content (AvgIpc) is 2.82. The molecule has 6 heteroatoms. The number of aryl methyl sites for hydroxylation is 3. The third-order valence-electron chi connectivity index (χ3n) is 2.58. The second kappa shape index (κ2) is 6.47. The van der Waals surface area contributed by atoms with Crippen LogP contribution in [0.3, 0.4) is 0 Å². The van der Waals surface area contributed by atoms with Crippen molar-refractivity contribution in [3.63, 3.8) is 0 Å². The van der Waals surface area contributed by atoms with Crippen LogP contribution in [0.4, 0.5) is 0 Å². The van der Waals surface area contributed by atoms with Crippen molar-refractivity contribution in [3.05, 3.63) is 40.7 Å². The fraction of sp³-hybridized carbons (Fsp3) is 0.417. The van der Waals surface area contributed by atoms with Crippen molar-refractivity contribution in [2.75, 3.05) is 6.54 Å². The van der Waals surface area contributed by atoms with E-state index >= 15 is 0 Å². The summed E-state index contributed by atoms with van der Waals surface area (Å²) in [5, 5.41) is 13.0. The molecule has 0 saturated carbocycles. The van der Waals surface area contributed by atoms with Gasteiger partial charge in [0.1, 0.15) is 0 Å². The first kappa shape index (κ1) is 13.0. The van der Waals surface area contributed by atoms with Crippen LogP contribution < -0.4 is 5.73 Å². The van der Waals surface area contributed by atoms with Crippen molar-refractivity contribution in [3.8, 4) is 0 Å². The number of aromatic nitrogens is 4. The Morgan fingerprint density at radius 2 is 2.17 bits per heavy atom. The molecule has 0 saturated heterocycles. The van der Waals surface area contributed by atoms with Crippen LogP contribution in [0, 0.1) is 0 Å². The molecule has 0 fully saturated rings. The van der Waals surface area contributed by atoms with Crippen LogP contribution in [0.2, 0.25) is 5.02 Å². The molecule has 0 spiro atoms. The first-order valence-corrected chi connectivity index (χ1v) is 6.37. The van der Waals surface area contributed by atoms with Crippen molar-refractivity contribution >= 4 is 11.6 Å². The van der Waals surface area contributed by atoms with Crippen LogP contribution >= 0.6 is 11.6 Å². The largest absolute Gasteiger partial charge is 0.330 e. The highest BCUT2D eigenvalue weighted by atomic mass is 35.5. The van der Waals surface area contributed by atoms with E-state index < -0.39 is 0 Å². The van der Waals surface area contributed by atoms with Gasteiger partial charge in [0.25, 0.3) is 0 Å². The van der Waals surface area contributed by atoms with E-state index in [-0.39, 0.29) is 0 Å². The quantitative estimate of drug-likeness (QED) is 0.859. The van der Waals surface area contributed by atoms with E-state index in [1.54, 1.807) is 4.80 Å². The van der Waals surface area contributed by atoms with E-state index in [0.29, 0.717) is 6.54 Å². The second-order valence-corrected chi connectivity index (χ2v) is 4.51. The standard InChI is InChI=1S/C12H16ClN5/c13-11-4-1-3-10(9-11)5-6-12-15-17-18(16-12)8-2-7-14/h1,3-4,9H,2,5-8,14H2. The maximum atomic E-state index is 5.93. The number of hydrogen-bond acceptors (Lipinski definition) is 4. The van der Waals surface area contributed by atoms with Crippen LogP contribution in [0.5, 0.6) is 0 Å². The van der Waals surface area contributed by atoms with Crippen molar-refractivity contribution in [2.24, 2.45) is 5.73 Å². The van der Waals surface area contributed by atoms with E-state index in [4.69, 9.17) is 17.3 Å². The van der Waals surface area contributed by atoms with E-state index in [0.717, 1.165) is 36.7 Å². The van der Waals surface area contributed by atoms with Crippen LogP contribution in [0.15, 0.2) is 24.3 Å². The lowest BCUT2D eigenvalue weighted by atomic mass is 10.1. The summed E-state index contributed by atoms with van der Waals surface area (Å²) in [6, 6.07) is 7.82. The Labute approximate surface area is 111 Å². The fourth-order valence-electron chi connectivity index (χ4n) is 1.65. The molecule has 1 aromatic heterocycles. The maximum absolute atomic E-state index is 5.93. The van der Waals surface area contributed by atoms with Gasteiger partial charge in [0.2, 0.25) is 0 Å². The molecule has 2 aromatic rings. The summed E-state index contributed by atoms with van der Waals surface area (Å²) in [5.41, 5.74) is 6.61. The van der Waals surface area contributed by atoms with Gasteiger partial charge in [-0.15, -0.1) is 10.2 Å². The molecule has 18 heavy (non-hydrogen) atoms. The van der Waals surface area contributed by atoms with Gasteiger partial charge in [0.15, 0.2) is 5.82 Å². The highest BCUT2D eigenvalue weighted by molar-refractivity contribution is 6.30. The van der Waals surface area contributed by atoms with Gasteiger partial charge in [0.05, 0.1) is 6.54 Å². The molecule has 0 aliphatic carbocycles. The minimum absolute atomic E-state index is 0.638. The first-order valence-electron chi connectivity index (χ1n) is 5.99. The number of tetrazole rings is 1. The van der Waals surface area contributed by atoms with E-state index in [9.17, 15) is 0 Å². The monoisotopic (exact) mass is 265 g/mol. The molecular formula is C12H16ClN5. The summed E-state index contributed by atoms with van der Waals surface area (Å²) in [5.74, 6) is 0.756. The molecule has 0 bridgehead atoms. The van der Waals surface area contributed by atoms with Crippen molar-refractivity contribution in [1.29, 1.82) is 0 Å². The molecule has 1 aromatic carbocycles. The summed E-state index contributed by atoms with van der Waals surface area (Å²) in [7, 11) is 0. The third-order valence-corrected chi connectivity index (χ3v) is 2.82. The molecule has 0 unspecified atom stereocenters. The molecular weight excluding hydrogens is 250 g/mol. The lowest BCUT2D eigenvalue weighted by Gasteiger charge is -1.99. The van der Waals surface area contributed by atoms with Crippen LogP contribution in [0.1, 0.15) is 17.8 Å². The molecule has 5 nitrogen and oxygen atoms in total. The van der Waals surface area contributed by atoms with Crippen LogP contribution in [-0.4, -0.2) is 26.8 Å². The fourth-order valence-corrected chi connectivity index (χ4v) is 1.87. The van der Waals surface area contributed by atoms with Gasteiger partial charge < -0.3 is 5.73 Å². The predicted molar refractivity (Wildman–Crippen MR) is 70.3 cm³/mol. The van der Waals surface area contributed by atoms with E-state index in [2.05, 4.69) is 15.4 Å². The molecule has 0 amide bonds. The third kappa shape index (κ3) is 3.78. The summed E-state index contributed by atoms with van der Waals surface area (Å²) >= 11 is 5.93. The molecule has 0 aliphatic rings. The molecule has 0 radical (unpaired) electrons. The lowest BCUT2D eigenvalue weighted by Crippen LogP contribution is -2.08. The SMILES string of the molecule is NCCCn1nnc(CCc2cccc(Cl)c2)n1. The number of nitrogens with two attached hydrogens (primary N) is 1. The topological polar surface area (TPSA) is 69.6 Å². The van der Waals surface area contributed by atoms with Gasteiger partial charge in [-0.05, 0) is 42.3 Å². The van der Waals surface area contributed by atoms with Crippen molar-refractivity contribution < 1.29 is 0 Å². The van der Waals surface area contributed by atoms with Crippen LogP contribution in [0.25, 0.3) is 0 Å². The summed E-state index contributed by atoms with van der Waals surface area (Å²) in [6.45, 7) is 1.36. The lowest BCUT2D eigenvalue weighted by molar-refractivity contribution is 0.502. The Balaban J connectivity index is 1.88. The number of halogens is 1. The first-order chi connectivity index (χ1) is 8.78. The highest BCUT2D eigenvalue weighted by Gasteiger charge is 2.03. The van der Waals surface area contributed by atoms with Crippen molar-refractivity contribution in [2.45, 2.75) is 25.8 Å². The minimum Gasteiger partial charge on any atom is -0.330 e. The Morgan fingerprint density at radius 3 is 2.94 bits per heavy atom. The van der Waals surface area contributed by atoms with Gasteiger partial charge in [0, 0.05) is 11.4 Å². The smallest absolute Gasteiger partial charge is 0.175 e. The highest BCUT2D eigenvalue weighted by Crippen LogP contribution is 2.12. The van der Waals surface area contributed by atoms with Crippen LogP contribution in [-0.2, 0) is 19.4 Å². The summed E-state index contributed by atoms with van der Waals surface area (Å²) in [6.07, 6.45) is 2.50. The zero-order chi connectivity index (χ0) is 12.8. The van der Waals surface area contributed by atoms with Gasteiger partial charge >= 0.3 is 0 Å². The minimum atomic E-state index is 0.638. The Morgan fingerprint density at radius 1 is 1.28 bits per heavy atom. The molecule has 2 N–H and O–H groups in total. The average molecular weight is 266 g/mol. The molecule has 2 rings (SSSR count). The normalized spacial score (nSPS) is 10.8. The number of rotatable bonds is 6. The Bertz CT molecular complexity index is 497. The summed E-state index contributed by atoms with van der Waals surface area (Å²) < 4.78 is 0. The number of benzene rings is 1. The number of hydrogen-bond donors (Lipinski definition) is 1. The molecule has 0 aliphatic heterocycles. The van der Waals surface area contributed by atoms with E-state index in [1.165, 1.54) is 5.56 Å². The molecule has 1 heterocycles. The van der Waals surface area contributed by atoms with Gasteiger partial charge in [-0.2, -0.15) is 4.80 Å². The molecule has 0 atom stereocenters. The van der Waals surface area contributed by atoms with E-state index in [1.807, 2.05) is 24.3 Å². The van der Waals surface area contributed by atoms with Gasteiger partial charge in [-0.3, -0.25) is 0 Å². The molecule has 96 valence electrons. The second-order valence-electron chi connectivity index (χ2n) is 4.07. The number of nitrogens with zero attached hydrogens (tertiary/aromatic N) is 4. The maximum Gasteiger partial charge on any atom is 0.175 e. The predicted octanol–water partition coefficient (Wildman–Crippen LogP) is 1.46. The zero-order valence-corrected chi connectivity index (χ0v) is 10.8. The van der Waals surface area contributed by atoms with Crippen molar-refractivity contribution in [1.82, 2.24) is 20.2 Å². The zero-order valence-electron chi connectivity index (χ0n) is 10.1. The van der Waals surface area contributed by atoms with Gasteiger partial charge in [-0.25, -0.2) is 0 Å². The Hall–Kier alpha value is -1.46. The Kier molecular flexibility index (Phi) is 4.66. The van der Waals surface area contributed by atoms with Gasteiger partial charge in [-0.1, -0.05) is 23.7 Å².